The second kappa shape index (κ2) is 22.8. The monoisotopic (exact) mass is 788 g/mol. The highest BCUT2D eigenvalue weighted by Gasteiger charge is 1.99. The largest absolute Gasteiger partial charge is 0.0622 e. The van der Waals surface area contributed by atoms with Gasteiger partial charge in [0, 0.05) is 0 Å². The maximum atomic E-state index is 2.20. The Balaban J connectivity index is 0.000000128. The van der Waals surface area contributed by atoms with Gasteiger partial charge in [0.05, 0.1) is 0 Å². The van der Waals surface area contributed by atoms with Crippen LogP contribution in [0.2, 0.25) is 0 Å². The van der Waals surface area contributed by atoms with Crippen LogP contribution >= 0.6 is 0 Å². The van der Waals surface area contributed by atoms with E-state index in [2.05, 4.69) is 265 Å². The third kappa shape index (κ3) is 13.4. The van der Waals surface area contributed by atoms with E-state index in [0.717, 1.165) is 0 Å². The van der Waals surface area contributed by atoms with Crippen molar-refractivity contribution in [3.8, 4) is 33.4 Å². The van der Waals surface area contributed by atoms with Crippen LogP contribution in [0.3, 0.4) is 0 Å². The van der Waals surface area contributed by atoms with Gasteiger partial charge in [0.2, 0.25) is 0 Å². The Hall–Kier alpha value is -7.28. The van der Waals surface area contributed by atoms with Crippen LogP contribution in [0.1, 0.15) is 27.8 Å². The number of aryl methyl sites for hydroxylation is 5. The SMILES string of the molecule is Cc1ccc(-c2ccccc2)cc1.Cc1ccc2ccccc2c1.Cc1cccc(-c2ccccc2)c1.Cc1cccc2ccccc12.Cc1ccccc1-c1ccccc1. The Kier molecular flexibility index (Phi) is 16.2. The minimum absolute atomic E-state index is 1.28. The molecule has 0 bridgehead atoms. The molecule has 0 heteroatoms. The van der Waals surface area contributed by atoms with Gasteiger partial charge in [-0.15, -0.1) is 0 Å². The first-order valence-electron chi connectivity index (χ1n) is 21.1. The van der Waals surface area contributed by atoms with Crippen molar-refractivity contribution in [2.45, 2.75) is 34.6 Å². The summed E-state index contributed by atoms with van der Waals surface area (Å²) in [6, 6.07) is 86.7. The quantitative estimate of drug-likeness (QED) is 0.167. The van der Waals surface area contributed by atoms with Gasteiger partial charge in [-0.2, -0.15) is 0 Å². The first kappa shape index (κ1) is 43.3. The number of hydrogen-bond donors (Lipinski definition) is 0. The fourth-order valence-corrected chi connectivity index (χ4v) is 7.04. The molecule has 0 aromatic heterocycles. The van der Waals surface area contributed by atoms with E-state index in [4.69, 9.17) is 0 Å². The van der Waals surface area contributed by atoms with Crippen molar-refractivity contribution in [3.63, 3.8) is 0 Å². The second-order valence-electron chi connectivity index (χ2n) is 15.3. The minimum Gasteiger partial charge on any atom is -0.0622 e. The lowest BCUT2D eigenvalue weighted by Crippen LogP contribution is -1.80. The molecular formula is C61H56. The zero-order valence-corrected chi connectivity index (χ0v) is 36.2. The summed E-state index contributed by atoms with van der Waals surface area (Å²) in [4.78, 5) is 0. The normalized spacial score (nSPS) is 10.0. The van der Waals surface area contributed by atoms with E-state index < -0.39 is 0 Å². The molecule has 0 aliphatic carbocycles. The van der Waals surface area contributed by atoms with E-state index in [-0.39, 0.29) is 0 Å². The summed E-state index contributed by atoms with van der Waals surface area (Å²) in [5, 5.41) is 5.33. The Morgan fingerprint density at radius 3 is 1.26 bits per heavy atom. The fraction of sp³-hybridized carbons (Fsp3) is 0.0820. The highest BCUT2D eigenvalue weighted by atomic mass is 14.0. The highest BCUT2D eigenvalue weighted by molar-refractivity contribution is 5.85. The van der Waals surface area contributed by atoms with Crippen molar-refractivity contribution in [2.24, 2.45) is 0 Å². The molecule has 0 atom stereocenters. The standard InChI is InChI=1S/3C13H12.2C11H10/c1-11-7-5-6-10-13(11)12-8-3-2-4-9-12;1-11-6-5-9-13(10-11)12-7-3-2-4-8-12;1-11-7-9-13(10-8-11)12-5-3-2-4-6-12;1-9-5-4-7-10-6-2-3-8-11(9)10;1-9-6-7-10-4-2-3-5-11(10)8-9/h3*2-10H,1H3;2*2-8H,1H3. The van der Waals surface area contributed by atoms with Crippen molar-refractivity contribution in [2.75, 3.05) is 0 Å². The lowest BCUT2D eigenvalue weighted by atomic mass is 10.0. The van der Waals surface area contributed by atoms with Crippen molar-refractivity contribution in [1.82, 2.24) is 0 Å². The van der Waals surface area contributed by atoms with Crippen LogP contribution < -0.4 is 0 Å². The molecule has 0 heterocycles. The van der Waals surface area contributed by atoms with Gasteiger partial charge in [0.15, 0.2) is 0 Å². The lowest BCUT2D eigenvalue weighted by molar-refractivity contribution is 1.46. The van der Waals surface area contributed by atoms with Crippen molar-refractivity contribution < 1.29 is 0 Å². The van der Waals surface area contributed by atoms with Gasteiger partial charge in [-0.25, -0.2) is 0 Å². The van der Waals surface area contributed by atoms with Gasteiger partial charge in [0.25, 0.3) is 0 Å². The lowest BCUT2D eigenvalue weighted by Gasteiger charge is -2.04. The van der Waals surface area contributed by atoms with Gasteiger partial charge in [-0.1, -0.05) is 265 Å². The van der Waals surface area contributed by atoms with E-state index in [0.29, 0.717) is 0 Å². The van der Waals surface area contributed by atoms with Crippen LogP contribution in [-0.4, -0.2) is 0 Å². The average Bonchev–Trinajstić information content (AvgIpc) is 3.31. The van der Waals surface area contributed by atoms with Gasteiger partial charge < -0.3 is 0 Å². The van der Waals surface area contributed by atoms with Crippen LogP contribution in [0.5, 0.6) is 0 Å². The first-order chi connectivity index (χ1) is 29.8. The number of hydrogen-bond acceptors (Lipinski definition) is 0. The predicted octanol–water partition coefficient (Wildman–Crippen LogP) is 17.3. The van der Waals surface area contributed by atoms with Gasteiger partial charge in [-0.05, 0) is 101 Å². The first-order valence-corrected chi connectivity index (χ1v) is 21.1. The molecule has 0 fully saturated rings. The van der Waals surface area contributed by atoms with Crippen molar-refractivity contribution in [3.05, 3.63) is 277 Å². The molecule has 0 aliphatic rings. The maximum Gasteiger partial charge on any atom is -0.0155 e. The zero-order chi connectivity index (χ0) is 42.7. The minimum atomic E-state index is 1.28. The Bertz CT molecular complexity index is 2810. The molecule has 0 amide bonds. The Labute approximate surface area is 364 Å². The molecule has 0 nitrogen and oxygen atoms in total. The summed E-state index contributed by atoms with van der Waals surface area (Å²) < 4.78 is 0. The van der Waals surface area contributed by atoms with Crippen LogP contribution in [0.4, 0.5) is 0 Å². The van der Waals surface area contributed by atoms with Crippen molar-refractivity contribution in [1.29, 1.82) is 0 Å². The smallest absolute Gasteiger partial charge is 0.0155 e. The molecule has 0 saturated heterocycles. The number of fused-ring (bicyclic) bond motifs is 2. The predicted molar refractivity (Wildman–Crippen MR) is 267 cm³/mol. The van der Waals surface area contributed by atoms with Gasteiger partial charge in [-0.3, -0.25) is 0 Å². The number of rotatable bonds is 3. The molecule has 10 aromatic carbocycles. The number of benzene rings is 10. The van der Waals surface area contributed by atoms with Gasteiger partial charge >= 0.3 is 0 Å². The molecule has 300 valence electrons. The molecule has 0 unspecified atom stereocenters. The molecule has 0 N–H and O–H groups in total. The molecule has 0 radical (unpaired) electrons. The second-order valence-corrected chi connectivity index (χ2v) is 15.3. The average molecular weight is 789 g/mol. The molecule has 61 heavy (non-hydrogen) atoms. The van der Waals surface area contributed by atoms with Gasteiger partial charge in [0.1, 0.15) is 0 Å². The van der Waals surface area contributed by atoms with E-state index in [1.165, 1.54) is 82.7 Å². The van der Waals surface area contributed by atoms with E-state index >= 15 is 0 Å². The van der Waals surface area contributed by atoms with Crippen LogP contribution in [0, 0.1) is 34.6 Å². The Morgan fingerprint density at radius 2 is 0.639 bits per heavy atom. The third-order valence-corrected chi connectivity index (χ3v) is 10.4. The Morgan fingerprint density at radius 1 is 0.213 bits per heavy atom. The van der Waals surface area contributed by atoms with Crippen LogP contribution in [-0.2, 0) is 0 Å². The third-order valence-electron chi connectivity index (χ3n) is 10.4. The molecule has 0 spiro atoms. The van der Waals surface area contributed by atoms with E-state index in [1.54, 1.807) is 0 Å². The molecule has 10 rings (SSSR count). The van der Waals surface area contributed by atoms with Crippen LogP contribution in [0.15, 0.2) is 249 Å². The molecular weight excluding hydrogens is 733 g/mol. The van der Waals surface area contributed by atoms with E-state index in [1.807, 2.05) is 18.2 Å². The molecule has 0 saturated carbocycles. The summed E-state index contributed by atoms with van der Waals surface area (Å²) in [6.07, 6.45) is 0. The summed E-state index contributed by atoms with van der Waals surface area (Å²) in [5.74, 6) is 0. The molecule has 0 aliphatic heterocycles. The summed E-state index contributed by atoms with van der Waals surface area (Å²) in [6.45, 7) is 10.6. The maximum absolute atomic E-state index is 2.20. The zero-order valence-electron chi connectivity index (χ0n) is 36.2. The highest BCUT2D eigenvalue weighted by Crippen LogP contribution is 2.23. The van der Waals surface area contributed by atoms with Crippen LogP contribution in [0.25, 0.3) is 54.9 Å². The molecule has 10 aromatic rings. The summed E-state index contributed by atoms with van der Waals surface area (Å²) in [5.41, 5.74) is 14.4. The fourth-order valence-electron chi connectivity index (χ4n) is 7.04. The topological polar surface area (TPSA) is 0 Å². The van der Waals surface area contributed by atoms with Crippen molar-refractivity contribution >= 4 is 21.5 Å². The van der Waals surface area contributed by atoms with E-state index in [9.17, 15) is 0 Å². The summed E-state index contributed by atoms with van der Waals surface area (Å²) >= 11 is 0. The summed E-state index contributed by atoms with van der Waals surface area (Å²) in [7, 11) is 0.